The maximum absolute atomic E-state index is 13.0. The monoisotopic (exact) mass is 395 g/mol. The smallest absolute Gasteiger partial charge is 0.270 e. The second-order valence-electron chi connectivity index (χ2n) is 7.25. The number of carbonyl (C=O) groups excluding carboxylic acids is 2. The zero-order chi connectivity index (χ0) is 21.0. The molecule has 0 aliphatic carbocycles. The average molecular weight is 395 g/mol. The van der Waals surface area contributed by atoms with Crippen LogP contribution in [0.25, 0.3) is 0 Å². The van der Waals surface area contributed by atoms with Gasteiger partial charge in [0.25, 0.3) is 11.6 Å². The second kappa shape index (κ2) is 8.86. The molecule has 0 radical (unpaired) electrons. The lowest BCUT2D eigenvalue weighted by Crippen LogP contribution is -2.46. The summed E-state index contributed by atoms with van der Waals surface area (Å²) in [4.78, 5) is 39.8. The molecule has 3 rings (SSSR count). The van der Waals surface area contributed by atoms with Crippen LogP contribution in [0.2, 0.25) is 0 Å². The van der Waals surface area contributed by atoms with Crippen LogP contribution >= 0.6 is 0 Å². The van der Waals surface area contributed by atoms with Gasteiger partial charge in [-0.1, -0.05) is 37.3 Å². The molecule has 7 nitrogen and oxygen atoms in total. The Morgan fingerprint density at radius 2 is 1.97 bits per heavy atom. The summed E-state index contributed by atoms with van der Waals surface area (Å²) in [5.74, 6) is -0.479. The molecule has 0 spiro atoms. The van der Waals surface area contributed by atoms with Crippen molar-refractivity contribution >= 4 is 17.5 Å². The third kappa shape index (κ3) is 4.45. The number of fused-ring (bicyclic) bond motifs is 1. The second-order valence-corrected chi connectivity index (χ2v) is 7.25. The number of nitro groups is 1. The van der Waals surface area contributed by atoms with Crippen LogP contribution in [0.5, 0.6) is 0 Å². The van der Waals surface area contributed by atoms with E-state index in [2.05, 4.69) is 6.07 Å². The number of benzene rings is 2. The summed E-state index contributed by atoms with van der Waals surface area (Å²) in [7, 11) is 0. The quantitative estimate of drug-likeness (QED) is 0.553. The Hall–Kier alpha value is -3.22. The zero-order valence-corrected chi connectivity index (χ0v) is 16.7. The van der Waals surface area contributed by atoms with E-state index in [1.54, 1.807) is 6.07 Å². The Kier molecular flexibility index (Phi) is 6.26. The van der Waals surface area contributed by atoms with E-state index in [9.17, 15) is 19.7 Å². The molecular weight excluding hydrogens is 370 g/mol. The molecule has 1 unspecified atom stereocenters. The van der Waals surface area contributed by atoms with Crippen molar-refractivity contribution in [3.8, 4) is 0 Å². The normalized spacial score (nSPS) is 15.5. The number of rotatable bonds is 6. The van der Waals surface area contributed by atoms with E-state index in [1.165, 1.54) is 28.7 Å². The number of hydrogen-bond acceptors (Lipinski definition) is 4. The van der Waals surface area contributed by atoms with Gasteiger partial charge in [-0.25, -0.2) is 0 Å². The van der Waals surface area contributed by atoms with Gasteiger partial charge >= 0.3 is 0 Å². The molecule has 2 aromatic rings. The van der Waals surface area contributed by atoms with Gasteiger partial charge in [0.15, 0.2) is 0 Å². The molecule has 1 atom stereocenters. The standard InChI is InChI=1S/C22H25N3O4/c1-3-12-23(22(27)18-8-6-9-19(14-18)25(28)29)15-21(26)24-13-11-17-7-4-5-10-20(17)16(24)2/h4-10,14,16H,3,11-13,15H2,1-2H3. The first-order valence-corrected chi connectivity index (χ1v) is 9.83. The molecule has 2 amide bonds. The number of amides is 2. The molecule has 0 fully saturated rings. The zero-order valence-electron chi connectivity index (χ0n) is 16.7. The molecule has 0 bridgehead atoms. The fourth-order valence-electron chi connectivity index (χ4n) is 3.82. The topological polar surface area (TPSA) is 83.8 Å². The van der Waals surface area contributed by atoms with E-state index < -0.39 is 4.92 Å². The van der Waals surface area contributed by atoms with Gasteiger partial charge in [0.1, 0.15) is 6.54 Å². The van der Waals surface area contributed by atoms with Crippen molar-refractivity contribution in [1.82, 2.24) is 9.80 Å². The summed E-state index contributed by atoms with van der Waals surface area (Å²) in [5, 5.41) is 11.0. The maximum atomic E-state index is 13.0. The van der Waals surface area contributed by atoms with Crippen LogP contribution in [0.3, 0.4) is 0 Å². The van der Waals surface area contributed by atoms with Gasteiger partial charge in [0, 0.05) is 30.8 Å². The summed E-state index contributed by atoms with van der Waals surface area (Å²) < 4.78 is 0. The largest absolute Gasteiger partial charge is 0.334 e. The van der Waals surface area contributed by atoms with Crippen LogP contribution in [0, 0.1) is 10.1 Å². The van der Waals surface area contributed by atoms with Gasteiger partial charge < -0.3 is 9.80 Å². The highest BCUT2D eigenvalue weighted by atomic mass is 16.6. The lowest BCUT2D eigenvalue weighted by molar-refractivity contribution is -0.384. The number of nitrogens with zero attached hydrogens (tertiary/aromatic N) is 3. The first-order chi connectivity index (χ1) is 13.9. The third-order valence-electron chi connectivity index (χ3n) is 5.33. The molecule has 0 aromatic heterocycles. The molecule has 7 heteroatoms. The molecule has 0 saturated heterocycles. The van der Waals surface area contributed by atoms with Gasteiger partial charge in [0.05, 0.1) is 11.0 Å². The van der Waals surface area contributed by atoms with E-state index in [0.717, 1.165) is 12.0 Å². The highest BCUT2D eigenvalue weighted by Crippen LogP contribution is 2.29. The lowest BCUT2D eigenvalue weighted by Gasteiger charge is -2.36. The Morgan fingerprint density at radius 1 is 1.21 bits per heavy atom. The van der Waals surface area contributed by atoms with Crippen molar-refractivity contribution in [3.63, 3.8) is 0 Å². The minimum atomic E-state index is -0.529. The first-order valence-electron chi connectivity index (χ1n) is 9.83. The Bertz CT molecular complexity index is 928. The fraction of sp³-hybridized carbons (Fsp3) is 0.364. The first kappa shape index (κ1) is 20.5. The van der Waals surface area contributed by atoms with E-state index in [0.29, 0.717) is 19.5 Å². The summed E-state index contributed by atoms with van der Waals surface area (Å²) in [6.07, 6.45) is 1.48. The van der Waals surface area contributed by atoms with Crippen LogP contribution in [0.15, 0.2) is 48.5 Å². The Morgan fingerprint density at radius 3 is 2.69 bits per heavy atom. The third-order valence-corrected chi connectivity index (χ3v) is 5.33. The molecule has 1 aliphatic rings. The van der Waals surface area contributed by atoms with Crippen LogP contribution in [-0.2, 0) is 11.2 Å². The fourth-order valence-corrected chi connectivity index (χ4v) is 3.82. The van der Waals surface area contributed by atoms with Crippen LogP contribution in [0.4, 0.5) is 5.69 Å². The summed E-state index contributed by atoms with van der Waals surface area (Å²) in [5.41, 5.74) is 2.47. The van der Waals surface area contributed by atoms with Crippen molar-refractivity contribution < 1.29 is 14.5 Å². The minimum absolute atomic E-state index is 0.0398. The van der Waals surface area contributed by atoms with Crippen molar-refractivity contribution in [2.24, 2.45) is 0 Å². The summed E-state index contributed by atoms with van der Waals surface area (Å²) in [6.45, 7) is 4.91. The van der Waals surface area contributed by atoms with E-state index in [-0.39, 0.29) is 35.7 Å². The van der Waals surface area contributed by atoms with Crippen LogP contribution in [-0.4, -0.2) is 46.2 Å². The van der Waals surface area contributed by atoms with Crippen LogP contribution in [0.1, 0.15) is 47.8 Å². The van der Waals surface area contributed by atoms with Crippen molar-refractivity contribution in [2.45, 2.75) is 32.7 Å². The molecule has 29 heavy (non-hydrogen) atoms. The minimum Gasteiger partial charge on any atom is -0.334 e. The molecular formula is C22H25N3O4. The SMILES string of the molecule is CCCN(CC(=O)N1CCc2ccccc2C1C)C(=O)c1cccc([N+](=O)[O-])c1. The molecule has 152 valence electrons. The molecule has 2 aromatic carbocycles. The molecule has 1 heterocycles. The predicted molar refractivity (Wildman–Crippen MR) is 110 cm³/mol. The van der Waals surface area contributed by atoms with E-state index >= 15 is 0 Å². The van der Waals surface area contributed by atoms with E-state index in [1.807, 2.05) is 36.9 Å². The van der Waals surface area contributed by atoms with E-state index in [4.69, 9.17) is 0 Å². The van der Waals surface area contributed by atoms with Gasteiger partial charge in [-0.15, -0.1) is 0 Å². The Balaban J connectivity index is 1.77. The number of carbonyl (C=O) groups is 2. The predicted octanol–water partition coefficient (Wildman–Crippen LogP) is 3.59. The number of non-ortho nitro benzene ring substituents is 1. The van der Waals surface area contributed by atoms with Gasteiger partial charge in [-0.2, -0.15) is 0 Å². The van der Waals surface area contributed by atoms with Crippen LogP contribution < -0.4 is 0 Å². The summed E-state index contributed by atoms with van der Waals surface area (Å²) >= 11 is 0. The van der Waals surface area contributed by atoms with Gasteiger partial charge in [0.2, 0.25) is 5.91 Å². The average Bonchev–Trinajstić information content (AvgIpc) is 2.73. The lowest BCUT2D eigenvalue weighted by atomic mass is 9.93. The summed E-state index contributed by atoms with van der Waals surface area (Å²) in [6, 6.07) is 13.7. The van der Waals surface area contributed by atoms with Crippen molar-refractivity contribution in [2.75, 3.05) is 19.6 Å². The number of hydrogen-bond donors (Lipinski definition) is 0. The number of nitro benzene ring substituents is 1. The maximum Gasteiger partial charge on any atom is 0.270 e. The molecule has 1 aliphatic heterocycles. The highest BCUT2D eigenvalue weighted by molar-refractivity contribution is 5.97. The highest BCUT2D eigenvalue weighted by Gasteiger charge is 2.29. The van der Waals surface area contributed by atoms with Gasteiger partial charge in [-0.05, 0) is 37.0 Å². The molecule has 0 N–H and O–H groups in total. The molecule has 0 saturated carbocycles. The van der Waals surface area contributed by atoms with Crippen molar-refractivity contribution in [3.05, 3.63) is 75.3 Å². The van der Waals surface area contributed by atoms with Crippen molar-refractivity contribution in [1.29, 1.82) is 0 Å². The Labute approximate surface area is 170 Å². The van der Waals surface area contributed by atoms with Gasteiger partial charge in [-0.3, -0.25) is 19.7 Å².